The van der Waals surface area contributed by atoms with Crippen LogP contribution in [0.1, 0.15) is 23.7 Å². The molecule has 0 saturated carbocycles. The molecule has 6 heteroatoms. The molecule has 0 spiro atoms. The highest BCUT2D eigenvalue weighted by Crippen LogP contribution is 2.24. The predicted molar refractivity (Wildman–Crippen MR) is 78.6 cm³/mol. The lowest BCUT2D eigenvalue weighted by atomic mass is 9.89. The Hall–Kier alpha value is -1.14. The molecular weight excluding hydrogens is 260 g/mol. The Morgan fingerprint density at radius 1 is 1.53 bits per heavy atom. The molecule has 0 amide bonds. The Morgan fingerprint density at radius 3 is 2.84 bits per heavy atom. The average Bonchev–Trinajstić information content (AvgIpc) is 2.85. The topological polar surface area (TPSA) is 58.5 Å². The summed E-state index contributed by atoms with van der Waals surface area (Å²) in [6, 6.07) is 0. The van der Waals surface area contributed by atoms with Crippen LogP contribution in [0, 0.1) is 5.41 Å². The zero-order valence-corrected chi connectivity index (χ0v) is 12.6. The molecular formula is C13H22N4OS. The molecule has 1 aliphatic rings. The van der Waals surface area contributed by atoms with E-state index in [9.17, 15) is 0 Å². The van der Waals surface area contributed by atoms with Gasteiger partial charge in [-0.05, 0) is 6.42 Å². The number of thiazole rings is 1. The minimum atomic E-state index is 0.244. The van der Waals surface area contributed by atoms with Gasteiger partial charge in [-0.15, -0.1) is 11.3 Å². The van der Waals surface area contributed by atoms with Crippen molar-refractivity contribution < 1.29 is 4.74 Å². The smallest absolute Gasteiger partial charge is 0.191 e. The van der Waals surface area contributed by atoms with Gasteiger partial charge in [0.05, 0.1) is 19.8 Å². The first-order chi connectivity index (χ1) is 9.15. The van der Waals surface area contributed by atoms with Crippen LogP contribution in [0.2, 0.25) is 0 Å². The van der Waals surface area contributed by atoms with Crippen LogP contribution >= 0.6 is 11.3 Å². The van der Waals surface area contributed by atoms with Gasteiger partial charge in [-0.2, -0.15) is 0 Å². The second kappa shape index (κ2) is 6.34. The zero-order valence-electron chi connectivity index (χ0n) is 11.8. The Labute approximate surface area is 118 Å². The number of nitrogens with one attached hydrogen (secondary N) is 2. The van der Waals surface area contributed by atoms with Gasteiger partial charge in [0.1, 0.15) is 5.01 Å². The van der Waals surface area contributed by atoms with Crippen LogP contribution in [0.3, 0.4) is 0 Å². The fourth-order valence-electron chi connectivity index (χ4n) is 1.82. The third-order valence-corrected chi connectivity index (χ3v) is 4.31. The van der Waals surface area contributed by atoms with Gasteiger partial charge in [0.25, 0.3) is 0 Å². The molecule has 2 N–H and O–H groups in total. The van der Waals surface area contributed by atoms with E-state index in [1.807, 2.05) is 6.20 Å². The van der Waals surface area contributed by atoms with E-state index in [2.05, 4.69) is 34.5 Å². The SMILES string of the molecule is CCc1cnc(CNC(=NC)NCC2(C)COC2)s1. The van der Waals surface area contributed by atoms with E-state index in [4.69, 9.17) is 4.74 Å². The van der Waals surface area contributed by atoms with Crippen LogP contribution in [0.25, 0.3) is 0 Å². The summed E-state index contributed by atoms with van der Waals surface area (Å²) in [7, 11) is 1.79. The highest BCUT2D eigenvalue weighted by Gasteiger charge is 2.33. The van der Waals surface area contributed by atoms with E-state index in [1.54, 1.807) is 18.4 Å². The van der Waals surface area contributed by atoms with E-state index in [0.717, 1.165) is 43.7 Å². The fraction of sp³-hybridized carbons (Fsp3) is 0.692. The van der Waals surface area contributed by atoms with Crippen molar-refractivity contribution in [3.8, 4) is 0 Å². The predicted octanol–water partition coefficient (Wildman–Crippen LogP) is 1.41. The number of ether oxygens (including phenoxy) is 1. The maximum absolute atomic E-state index is 5.24. The normalized spacial score (nSPS) is 17.9. The number of rotatable bonds is 5. The molecule has 2 heterocycles. The minimum Gasteiger partial charge on any atom is -0.380 e. The molecule has 19 heavy (non-hydrogen) atoms. The lowest BCUT2D eigenvalue weighted by Crippen LogP contribution is -2.50. The number of aromatic nitrogens is 1. The molecule has 0 radical (unpaired) electrons. The van der Waals surface area contributed by atoms with Gasteiger partial charge < -0.3 is 15.4 Å². The number of hydrogen-bond donors (Lipinski definition) is 2. The van der Waals surface area contributed by atoms with Crippen molar-refractivity contribution in [1.29, 1.82) is 0 Å². The van der Waals surface area contributed by atoms with Crippen molar-refractivity contribution in [2.45, 2.75) is 26.8 Å². The average molecular weight is 282 g/mol. The molecule has 5 nitrogen and oxygen atoms in total. The Bertz CT molecular complexity index is 440. The largest absolute Gasteiger partial charge is 0.380 e. The Balaban J connectivity index is 1.76. The summed E-state index contributed by atoms with van der Waals surface area (Å²) >= 11 is 1.75. The first-order valence-electron chi connectivity index (χ1n) is 6.61. The third kappa shape index (κ3) is 3.91. The van der Waals surface area contributed by atoms with Gasteiger partial charge in [-0.3, -0.25) is 4.99 Å². The molecule has 1 aromatic rings. The lowest BCUT2D eigenvalue weighted by molar-refractivity contribution is -0.0971. The number of nitrogens with zero attached hydrogens (tertiary/aromatic N) is 2. The number of aliphatic imine (C=N–C) groups is 1. The van der Waals surface area contributed by atoms with Crippen molar-refractivity contribution >= 4 is 17.3 Å². The second-order valence-corrected chi connectivity index (χ2v) is 6.36. The minimum absolute atomic E-state index is 0.244. The molecule has 0 aromatic carbocycles. The van der Waals surface area contributed by atoms with Gasteiger partial charge in [0.2, 0.25) is 0 Å². The first kappa shape index (κ1) is 14.3. The van der Waals surface area contributed by atoms with Crippen molar-refractivity contribution in [1.82, 2.24) is 15.6 Å². The van der Waals surface area contributed by atoms with Crippen LogP contribution in [0.5, 0.6) is 0 Å². The number of hydrogen-bond acceptors (Lipinski definition) is 4. The van der Waals surface area contributed by atoms with Crippen molar-refractivity contribution in [3.05, 3.63) is 16.1 Å². The maximum Gasteiger partial charge on any atom is 0.191 e. The van der Waals surface area contributed by atoms with E-state index in [-0.39, 0.29) is 5.41 Å². The second-order valence-electron chi connectivity index (χ2n) is 5.16. The van der Waals surface area contributed by atoms with Crippen LogP contribution in [0.15, 0.2) is 11.2 Å². The molecule has 0 atom stereocenters. The standard InChI is InChI=1S/C13H22N4OS/c1-4-10-5-15-11(19-10)6-16-12(14-3)17-7-13(2)8-18-9-13/h5H,4,6-9H2,1-3H3,(H2,14,16,17). The Kier molecular flexibility index (Phi) is 4.76. The molecule has 0 bridgehead atoms. The van der Waals surface area contributed by atoms with Gasteiger partial charge in [-0.1, -0.05) is 13.8 Å². The summed E-state index contributed by atoms with van der Waals surface area (Å²) in [5.41, 5.74) is 0.244. The summed E-state index contributed by atoms with van der Waals surface area (Å²) in [6.07, 6.45) is 2.99. The van der Waals surface area contributed by atoms with Crippen molar-refractivity contribution in [2.24, 2.45) is 10.4 Å². The summed E-state index contributed by atoms with van der Waals surface area (Å²) in [5, 5.41) is 7.72. The molecule has 1 aromatic heterocycles. The molecule has 1 fully saturated rings. The highest BCUT2D eigenvalue weighted by atomic mass is 32.1. The van der Waals surface area contributed by atoms with Crippen LogP contribution in [0.4, 0.5) is 0 Å². The summed E-state index contributed by atoms with van der Waals surface area (Å²) in [4.78, 5) is 9.92. The molecule has 0 unspecified atom stereocenters. The van der Waals surface area contributed by atoms with Crippen molar-refractivity contribution in [2.75, 3.05) is 26.8 Å². The molecule has 0 aliphatic carbocycles. The van der Waals surface area contributed by atoms with Crippen LogP contribution < -0.4 is 10.6 Å². The summed E-state index contributed by atoms with van der Waals surface area (Å²) in [5.74, 6) is 0.821. The van der Waals surface area contributed by atoms with Gasteiger partial charge in [-0.25, -0.2) is 4.98 Å². The van der Waals surface area contributed by atoms with Gasteiger partial charge in [0, 0.05) is 30.1 Å². The Morgan fingerprint density at radius 2 is 2.32 bits per heavy atom. The lowest BCUT2D eigenvalue weighted by Gasteiger charge is -2.38. The number of guanidine groups is 1. The van der Waals surface area contributed by atoms with Gasteiger partial charge >= 0.3 is 0 Å². The molecule has 1 aliphatic heterocycles. The highest BCUT2D eigenvalue weighted by molar-refractivity contribution is 7.11. The first-order valence-corrected chi connectivity index (χ1v) is 7.43. The quantitative estimate of drug-likeness (QED) is 0.633. The summed E-state index contributed by atoms with van der Waals surface area (Å²) < 4.78 is 5.24. The van der Waals surface area contributed by atoms with Crippen molar-refractivity contribution in [3.63, 3.8) is 0 Å². The third-order valence-electron chi connectivity index (χ3n) is 3.16. The molecule has 2 rings (SSSR count). The van der Waals surface area contributed by atoms with Gasteiger partial charge in [0.15, 0.2) is 5.96 Å². The van der Waals surface area contributed by atoms with E-state index in [1.165, 1.54) is 4.88 Å². The van der Waals surface area contributed by atoms with E-state index >= 15 is 0 Å². The zero-order chi connectivity index (χ0) is 13.7. The van der Waals surface area contributed by atoms with Crippen LogP contribution in [-0.4, -0.2) is 37.7 Å². The van der Waals surface area contributed by atoms with E-state index in [0.29, 0.717) is 0 Å². The maximum atomic E-state index is 5.24. The fourth-order valence-corrected chi connectivity index (χ4v) is 2.62. The molecule has 106 valence electrons. The summed E-state index contributed by atoms with van der Waals surface area (Å²) in [6.45, 7) is 7.60. The monoisotopic (exact) mass is 282 g/mol. The van der Waals surface area contributed by atoms with E-state index < -0.39 is 0 Å². The molecule has 1 saturated heterocycles. The van der Waals surface area contributed by atoms with Crippen LogP contribution in [-0.2, 0) is 17.7 Å². The number of aryl methyl sites for hydroxylation is 1.